The number of ether oxygens (including phenoxy) is 1. The van der Waals surface area contributed by atoms with Gasteiger partial charge in [-0.15, -0.1) is 0 Å². The van der Waals surface area contributed by atoms with Crippen LogP contribution in [0.5, 0.6) is 0 Å². The van der Waals surface area contributed by atoms with Crippen molar-refractivity contribution in [1.82, 2.24) is 30.2 Å². The van der Waals surface area contributed by atoms with Gasteiger partial charge in [-0.25, -0.2) is 19.3 Å². The second-order valence-electron chi connectivity index (χ2n) is 13.7. The molecule has 61 heavy (non-hydrogen) atoms. The highest BCUT2D eigenvalue weighted by atomic mass is 32.2. The van der Waals surface area contributed by atoms with E-state index in [2.05, 4.69) is 68.6 Å². The van der Waals surface area contributed by atoms with Crippen LogP contribution in [0.3, 0.4) is 0 Å². The highest BCUT2D eigenvalue weighted by Gasteiger charge is 2.47. The summed E-state index contributed by atoms with van der Waals surface area (Å²) in [6.07, 6.45) is 7.30. The summed E-state index contributed by atoms with van der Waals surface area (Å²) < 4.78 is 60.6. The molecule has 2 aromatic rings. The number of phosphoric acid groups is 3. The van der Waals surface area contributed by atoms with Crippen molar-refractivity contribution >= 4 is 69.1 Å². The minimum Gasteiger partial charge on any atom is -0.790 e. The van der Waals surface area contributed by atoms with Gasteiger partial charge in [0.15, 0.2) is 17.7 Å². The minimum atomic E-state index is -5.92. The van der Waals surface area contributed by atoms with Gasteiger partial charge in [-0.3, -0.25) is 28.1 Å². The Morgan fingerprint density at radius 3 is 2.41 bits per heavy atom. The second-order valence-corrected chi connectivity index (χ2v) is 18.9. The highest BCUT2D eigenvalue weighted by molar-refractivity contribution is 8.14. The molecule has 0 bridgehead atoms. The van der Waals surface area contributed by atoms with Crippen LogP contribution in [-0.2, 0) is 50.7 Å². The Hall–Kier alpha value is -3.22. The molecule has 0 radical (unpaired) electrons. The summed E-state index contributed by atoms with van der Waals surface area (Å²) >= 11 is 1.02. The number of fused-ring (bicyclic) bond motifs is 1. The summed E-state index contributed by atoms with van der Waals surface area (Å²) in [5.41, 5.74) is 4.07. The summed E-state index contributed by atoms with van der Waals surface area (Å²) in [6, 6.07) is 0. The molecule has 0 aromatic carbocycles. The first kappa shape index (κ1) is 52.1. The van der Waals surface area contributed by atoms with Gasteiger partial charge in [-0.05, 0) is 31.8 Å². The number of hydrogen-bond acceptors (Lipinski definition) is 22. The van der Waals surface area contributed by atoms with Crippen molar-refractivity contribution in [2.24, 2.45) is 5.41 Å². The van der Waals surface area contributed by atoms with E-state index in [0.29, 0.717) is 12.2 Å². The normalized spacial score (nSPS) is 21.3. The molecule has 6 N–H and O–H groups in total. The summed E-state index contributed by atoms with van der Waals surface area (Å²) in [5.74, 6) is -1.25. The van der Waals surface area contributed by atoms with Gasteiger partial charge in [0.25, 0.3) is 15.6 Å². The molecular weight excluding hydrogens is 891 g/mol. The number of imidazole rings is 1. The average Bonchev–Trinajstić information content (AvgIpc) is 3.73. The van der Waals surface area contributed by atoms with E-state index in [0.717, 1.165) is 48.2 Å². The molecule has 3 rings (SSSR count). The number of nitrogen functional groups attached to an aromatic ring is 1. The average molecular weight is 940 g/mol. The molecule has 342 valence electrons. The van der Waals surface area contributed by atoms with E-state index < -0.39 is 84.6 Å². The van der Waals surface area contributed by atoms with Crippen LogP contribution in [0, 0.1) is 5.41 Å². The number of phosphoric ester groups is 3. The zero-order valence-electron chi connectivity index (χ0n) is 33.2. The number of rotatable bonds is 26. The molecule has 2 aromatic heterocycles. The lowest BCUT2D eigenvalue weighted by Gasteiger charge is -2.36. The van der Waals surface area contributed by atoms with Gasteiger partial charge < -0.3 is 69.0 Å². The van der Waals surface area contributed by atoms with Crippen molar-refractivity contribution in [3.63, 3.8) is 0 Å². The number of thioether (sulfide) groups is 1. The highest BCUT2D eigenvalue weighted by Crippen LogP contribution is 2.56. The fourth-order valence-corrected chi connectivity index (χ4v) is 8.57. The predicted octanol–water partition coefficient (Wildman–Crippen LogP) is -0.614. The number of nitrogens with two attached hydrogens (primary N) is 1. The third kappa shape index (κ3) is 17.8. The molecule has 2 amide bonds. The number of carbonyl (C=O) groups is 3. The fourth-order valence-electron chi connectivity index (χ4n) is 5.23. The minimum absolute atomic E-state index is 0.0223. The van der Waals surface area contributed by atoms with Gasteiger partial charge >= 0.3 is 0 Å². The summed E-state index contributed by atoms with van der Waals surface area (Å²) in [6.45, 7) is 2.13. The zero-order chi connectivity index (χ0) is 45.4. The smallest absolute Gasteiger partial charge is 0.274 e. The van der Waals surface area contributed by atoms with E-state index in [-0.39, 0.29) is 41.6 Å². The molecule has 1 fully saturated rings. The number of nitrogens with one attached hydrogen (secondary N) is 2. The Morgan fingerprint density at radius 2 is 1.70 bits per heavy atom. The number of hydrogen-bond donors (Lipinski definition) is 5. The van der Waals surface area contributed by atoms with Gasteiger partial charge in [-0.2, -0.15) is 0 Å². The van der Waals surface area contributed by atoms with E-state index in [1.165, 1.54) is 19.9 Å². The molecule has 0 spiro atoms. The maximum absolute atomic E-state index is 12.6. The molecule has 1 aliphatic heterocycles. The maximum Gasteiger partial charge on any atom is 0.274 e. The number of aliphatic hydroxyl groups is 2. The van der Waals surface area contributed by atoms with Gasteiger partial charge in [-0.1, -0.05) is 62.9 Å². The Kier molecular flexibility index (Phi) is 20.5. The van der Waals surface area contributed by atoms with E-state index in [4.69, 9.17) is 10.5 Å². The Bertz CT molecular complexity index is 2030. The van der Waals surface area contributed by atoms with Gasteiger partial charge in [0.2, 0.25) is 16.9 Å². The predicted molar refractivity (Wildman–Crippen MR) is 210 cm³/mol. The van der Waals surface area contributed by atoms with Crippen LogP contribution in [0.1, 0.15) is 59.1 Å². The van der Waals surface area contributed by atoms with Crippen LogP contribution >= 0.6 is 35.2 Å². The third-order valence-corrected chi connectivity index (χ3v) is 12.2. The van der Waals surface area contributed by atoms with Crippen LogP contribution in [0.4, 0.5) is 5.82 Å². The third-order valence-electron chi connectivity index (χ3n) is 8.32. The summed E-state index contributed by atoms with van der Waals surface area (Å²) in [4.78, 5) is 96.3. The molecule has 2 unspecified atom stereocenters. The zero-order valence-corrected chi connectivity index (χ0v) is 36.7. The number of aliphatic hydroxyl groups excluding tert-OH is 2. The van der Waals surface area contributed by atoms with Crippen LogP contribution < -0.4 is 35.9 Å². The number of amides is 2. The first-order valence-electron chi connectivity index (χ1n) is 18.5. The van der Waals surface area contributed by atoms with Crippen molar-refractivity contribution in [3.05, 3.63) is 49.1 Å². The molecule has 24 nitrogen and oxygen atoms in total. The SMILES string of the molecule is CC/C=C\C/C=C\CC/C=C/C(=O)SCCNC(=O)CCNC(=O)[C@H](O)C(C)(C)COP(=O)([O-])OP(=O)([O-])OC[C@H]1O[C@@H](n2cnc3c(N)ncnc32)[C@H](O)[C@@H]1OP(=O)([O-])[O-]. The molecule has 28 heteroatoms. The molecule has 7 atom stereocenters. The van der Waals surface area contributed by atoms with Crippen LogP contribution in [0.2, 0.25) is 0 Å². The molecule has 0 aliphatic carbocycles. The van der Waals surface area contributed by atoms with Crippen molar-refractivity contribution < 1.29 is 80.5 Å². The van der Waals surface area contributed by atoms with Crippen LogP contribution in [0.25, 0.3) is 11.2 Å². The van der Waals surface area contributed by atoms with Gasteiger partial charge in [0, 0.05) is 30.7 Å². The number of unbranched alkanes of at least 4 members (excludes halogenated alkanes) is 1. The number of nitrogens with zero attached hydrogens (tertiary/aromatic N) is 4. The number of anilines is 1. The van der Waals surface area contributed by atoms with Crippen molar-refractivity contribution in [1.29, 1.82) is 0 Å². The second kappa shape index (κ2) is 24.0. The quantitative estimate of drug-likeness (QED) is 0.0340. The largest absolute Gasteiger partial charge is 0.790 e. The van der Waals surface area contributed by atoms with E-state index in [9.17, 15) is 57.9 Å². The summed E-state index contributed by atoms with van der Waals surface area (Å²) in [7, 11) is -17.6. The van der Waals surface area contributed by atoms with Crippen molar-refractivity contribution in [3.8, 4) is 0 Å². The van der Waals surface area contributed by atoms with E-state index in [1.54, 1.807) is 6.08 Å². The standard InChI is InChI=1S/C33H52N7O17P3S/c1-4-5-6-7-8-9-10-11-12-13-24(42)61-17-16-35-23(41)14-15-36-31(45)28(44)33(2,3)19-54-60(51,52)57-59(49,50)53-18-22-27(56-58(46,47)48)26(43)32(55-22)40-21-39-25-29(34)37-20-38-30(25)40/h5-6,8-9,12-13,20-22,26-28,32,43-44H,4,7,10-11,14-19H2,1-3H3,(H,35,41)(H,36,45)(H,49,50)(H,51,52)(H2,34,37,38)(H2,46,47,48)/p-4/b6-5-,9-8-,13-12+/t22-,26-,27-,28+,32-/m1/s1. The van der Waals surface area contributed by atoms with Crippen molar-refractivity contribution in [2.45, 2.75) is 83.5 Å². The van der Waals surface area contributed by atoms with Crippen LogP contribution in [0.15, 0.2) is 49.1 Å². The molecular formula is C33H48N7O17P3S-4. The first-order chi connectivity index (χ1) is 28.6. The number of aromatic nitrogens is 4. The maximum atomic E-state index is 12.6. The number of allylic oxidation sites excluding steroid dienone is 5. The first-order valence-corrected chi connectivity index (χ1v) is 23.9. The lowest BCUT2D eigenvalue weighted by Crippen LogP contribution is -2.46. The Labute approximate surface area is 354 Å². The Morgan fingerprint density at radius 1 is 1.02 bits per heavy atom. The summed E-state index contributed by atoms with van der Waals surface area (Å²) in [5, 5.41) is 26.1. The van der Waals surface area contributed by atoms with Crippen molar-refractivity contribution in [2.75, 3.05) is 37.8 Å². The molecule has 1 aliphatic rings. The van der Waals surface area contributed by atoms with Gasteiger partial charge in [0.1, 0.15) is 36.3 Å². The van der Waals surface area contributed by atoms with E-state index in [1.807, 2.05) is 6.08 Å². The number of carbonyl (C=O) groups excluding carboxylic acids is 3. The monoisotopic (exact) mass is 939 g/mol. The van der Waals surface area contributed by atoms with Gasteiger partial charge in [0.05, 0.1) is 27.4 Å². The lowest BCUT2D eigenvalue weighted by molar-refractivity contribution is -0.347. The fraction of sp³-hybridized carbons (Fsp3) is 0.576. The molecule has 0 saturated carbocycles. The van der Waals surface area contributed by atoms with E-state index >= 15 is 0 Å². The Balaban J connectivity index is 1.41. The lowest BCUT2D eigenvalue weighted by atomic mass is 9.87. The van der Waals surface area contributed by atoms with Crippen LogP contribution in [-0.4, -0.2) is 103 Å². The topological polar surface area (TPSA) is 375 Å². The molecule has 3 heterocycles. The molecule has 1 saturated heterocycles.